The van der Waals surface area contributed by atoms with Crippen molar-refractivity contribution in [3.05, 3.63) is 34.6 Å². The van der Waals surface area contributed by atoms with Crippen LogP contribution >= 0.6 is 11.6 Å². The summed E-state index contributed by atoms with van der Waals surface area (Å²) in [6.07, 6.45) is 0.263. The van der Waals surface area contributed by atoms with Crippen LogP contribution in [0.25, 0.3) is 0 Å². The Morgan fingerprint density at radius 1 is 1.47 bits per heavy atom. The van der Waals surface area contributed by atoms with Crippen molar-refractivity contribution < 1.29 is 9.18 Å². The Labute approximate surface area is 91.3 Å². The molecule has 4 heteroatoms. The molecule has 1 aromatic carbocycles. The number of nitrogens with zero attached hydrogens (tertiary/aromatic N) is 1. The van der Waals surface area contributed by atoms with Crippen LogP contribution in [0.2, 0.25) is 5.02 Å². The third kappa shape index (κ3) is 1.51. The van der Waals surface area contributed by atoms with Crippen LogP contribution < -0.4 is 0 Å². The van der Waals surface area contributed by atoms with E-state index in [0.29, 0.717) is 10.6 Å². The topological polar surface area (TPSA) is 40.9 Å². The number of carbonyl (C=O) groups is 1. The van der Waals surface area contributed by atoms with Crippen LogP contribution in [-0.4, -0.2) is 5.78 Å². The van der Waals surface area contributed by atoms with E-state index in [2.05, 4.69) is 6.07 Å². The molecule has 1 aromatic rings. The van der Waals surface area contributed by atoms with E-state index in [4.69, 9.17) is 16.9 Å². The first-order valence-corrected chi connectivity index (χ1v) is 4.84. The Kier molecular flexibility index (Phi) is 2.24. The van der Waals surface area contributed by atoms with Gasteiger partial charge in [0.2, 0.25) is 0 Å². The first kappa shape index (κ1) is 10.1. The summed E-state index contributed by atoms with van der Waals surface area (Å²) in [5, 5.41) is 9.38. The molecule has 15 heavy (non-hydrogen) atoms. The van der Waals surface area contributed by atoms with Crippen molar-refractivity contribution in [3.8, 4) is 6.07 Å². The second kappa shape index (κ2) is 3.32. The van der Waals surface area contributed by atoms with Gasteiger partial charge in [-0.3, -0.25) is 4.79 Å². The van der Waals surface area contributed by atoms with E-state index in [9.17, 15) is 9.18 Å². The summed E-state index contributed by atoms with van der Waals surface area (Å²) < 4.78 is 13.0. The van der Waals surface area contributed by atoms with Crippen molar-refractivity contribution in [2.24, 2.45) is 0 Å². The van der Waals surface area contributed by atoms with Crippen molar-refractivity contribution in [3.63, 3.8) is 0 Å². The molecule has 2 nitrogen and oxygen atoms in total. The molecule has 0 atom stereocenters. The van der Waals surface area contributed by atoms with Crippen molar-refractivity contribution in [1.29, 1.82) is 5.26 Å². The van der Waals surface area contributed by atoms with E-state index in [0.717, 1.165) is 0 Å². The van der Waals surface area contributed by atoms with Crippen molar-refractivity contribution in [2.45, 2.75) is 18.3 Å². The third-order valence-corrected chi connectivity index (χ3v) is 2.99. The molecule has 1 fully saturated rings. The van der Waals surface area contributed by atoms with E-state index >= 15 is 0 Å². The quantitative estimate of drug-likeness (QED) is 0.734. The maximum Gasteiger partial charge on any atom is 0.136 e. The van der Waals surface area contributed by atoms with Gasteiger partial charge in [-0.25, -0.2) is 4.39 Å². The van der Waals surface area contributed by atoms with Gasteiger partial charge in [0.25, 0.3) is 0 Å². The number of hydrogen-bond donors (Lipinski definition) is 0. The molecular weight excluding hydrogens is 217 g/mol. The summed E-state index contributed by atoms with van der Waals surface area (Å²) in [6, 6.07) is 5.94. The van der Waals surface area contributed by atoms with E-state index in [-0.39, 0.29) is 18.6 Å². The van der Waals surface area contributed by atoms with Crippen molar-refractivity contribution >= 4 is 17.4 Å². The van der Waals surface area contributed by atoms with E-state index in [1.165, 1.54) is 18.2 Å². The standard InChI is InChI=1S/C11H7ClFNO/c12-10-2-1-7(13)3-9(10)11(6-14)4-8(15)5-11/h1-3H,4-5H2. The summed E-state index contributed by atoms with van der Waals surface area (Å²) in [5.74, 6) is -0.430. The third-order valence-electron chi connectivity index (χ3n) is 2.66. The molecule has 0 heterocycles. The van der Waals surface area contributed by atoms with Gasteiger partial charge in [0.1, 0.15) is 11.6 Å². The van der Waals surface area contributed by atoms with Gasteiger partial charge in [-0.2, -0.15) is 5.26 Å². The predicted octanol–water partition coefficient (Wildman–Crippen LogP) is 2.60. The number of rotatable bonds is 1. The largest absolute Gasteiger partial charge is 0.300 e. The van der Waals surface area contributed by atoms with Crippen LogP contribution in [0.3, 0.4) is 0 Å². The molecule has 0 saturated heterocycles. The lowest BCUT2D eigenvalue weighted by atomic mass is 9.65. The highest BCUT2D eigenvalue weighted by atomic mass is 35.5. The van der Waals surface area contributed by atoms with Crippen molar-refractivity contribution in [2.75, 3.05) is 0 Å². The molecule has 0 N–H and O–H groups in total. The number of halogens is 2. The van der Waals surface area contributed by atoms with Gasteiger partial charge in [-0.15, -0.1) is 0 Å². The normalized spacial score (nSPS) is 18.1. The Balaban J connectivity index is 2.49. The lowest BCUT2D eigenvalue weighted by Gasteiger charge is -2.34. The number of hydrogen-bond acceptors (Lipinski definition) is 2. The highest BCUT2D eigenvalue weighted by Gasteiger charge is 2.46. The molecule has 0 bridgehead atoms. The van der Waals surface area contributed by atoms with Crippen molar-refractivity contribution in [1.82, 2.24) is 0 Å². The molecule has 1 aliphatic carbocycles. The fourth-order valence-corrected chi connectivity index (χ4v) is 2.11. The Bertz CT molecular complexity index is 470. The molecular formula is C11H7ClFNO. The van der Waals surface area contributed by atoms with Crippen LogP contribution in [0, 0.1) is 17.1 Å². The predicted molar refractivity (Wildman–Crippen MR) is 52.9 cm³/mol. The van der Waals surface area contributed by atoms with Crippen LogP contribution in [0.15, 0.2) is 18.2 Å². The molecule has 1 saturated carbocycles. The molecule has 76 valence electrons. The van der Waals surface area contributed by atoms with Gasteiger partial charge in [-0.05, 0) is 23.8 Å². The minimum atomic E-state index is -0.906. The summed E-state index contributed by atoms with van der Waals surface area (Å²) in [7, 11) is 0. The zero-order chi connectivity index (χ0) is 11.1. The zero-order valence-electron chi connectivity index (χ0n) is 7.76. The Morgan fingerprint density at radius 3 is 2.67 bits per heavy atom. The van der Waals surface area contributed by atoms with Crippen LogP contribution in [0.4, 0.5) is 4.39 Å². The smallest absolute Gasteiger partial charge is 0.136 e. The Morgan fingerprint density at radius 2 is 2.13 bits per heavy atom. The fourth-order valence-electron chi connectivity index (χ4n) is 1.82. The monoisotopic (exact) mass is 223 g/mol. The highest BCUT2D eigenvalue weighted by Crippen LogP contribution is 2.43. The van der Waals surface area contributed by atoms with Gasteiger partial charge < -0.3 is 0 Å². The minimum Gasteiger partial charge on any atom is -0.300 e. The lowest BCUT2D eigenvalue weighted by molar-refractivity contribution is -0.126. The Hall–Kier alpha value is -1.40. The summed E-state index contributed by atoms with van der Waals surface area (Å²) in [5.41, 5.74) is -0.484. The number of Topliss-reactive ketones (excluding diaryl/α,β-unsaturated/α-hetero) is 1. The molecule has 0 spiro atoms. The maximum atomic E-state index is 13.0. The van der Waals surface area contributed by atoms with E-state index < -0.39 is 11.2 Å². The van der Waals surface area contributed by atoms with Gasteiger partial charge in [0.05, 0.1) is 11.5 Å². The summed E-state index contributed by atoms with van der Waals surface area (Å²) in [6.45, 7) is 0. The minimum absolute atomic E-state index is 0.0110. The van der Waals surface area contributed by atoms with Crippen LogP contribution in [0.5, 0.6) is 0 Å². The number of ketones is 1. The molecule has 0 amide bonds. The maximum absolute atomic E-state index is 13.0. The van der Waals surface area contributed by atoms with Crippen LogP contribution in [0.1, 0.15) is 18.4 Å². The van der Waals surface area contributed by atoms with Gasteiger partial charge >= 0.3 is 0 Å². The van der Waals surface area contributed by atoms with Crippen LogP contribution in [-0.2, 0) is 10.2 Å². The average Bonchev–Trinajstić information content (AvgIpc) is 2.17. The van der Waals surface area contributed by atoms with E-state index in [1.807, 2.05) is 0 Å². The summed E-state index contributed by atoms with van der Waals surface area (Å²) >= 11 is 5.89. The molecule has 0 aromatic heterocycles. The van der Waals surface area contributed by atoms with Gasteiger partial charge in [-0.1, -0.05) is 11.6 Å². The first-order chi connectivity index (χ1) is 7.07. The van der Waals surface area contributed by atoms with Gasteiger partial charge in [0.15, 0.2) is 0 Å². The molecule has 0 radical (unpaired) electrons. The second-order valence-electron chi connectivity index (χ2n) is 3.71. The average molecular weight is 224 g/mol. The number of benzene rings is 1. The molecule has 0 unspecified atom stereocenters. The molecule has 1 aliphatic rings. The number of carbonyl (C=O) groups excluding carboxylic acids is 1. The first-order valence-electron chi connectivity index (χ1n) is 4.46. The molecule has 2 rings (SSSR count). The molecule has 0 aliphatic heterocycles. The number of nitriles is 1. The van der Waals surface area contributed by atoms with Gasteiger partial charge in [0, 0.05) is 17.9 Å². The highest BCUT2D eigenvalue weighted by molar-refractivity contribution is 6.31. The SMILES string of the molecule is N#CC1(c2cc(F)ccc2Cl)CC(=O)C1. The fraction of sp³-hybridized carbons (Fsp3) is 0.273. The second-order valence-corrected chi connectivity index (χ2v) is 4.12. The van der Waals surface area contributed by atoms with E-state index in [1.54, 1.807) is 0 Å². The zero-order valence-corrected chi connectivity index (χ0v) is 8.51. The lowest BCUT2D eigenvalue weighted by Crippen LogP contribution is -2.40. The summed E-state index contributed by atoms with van der Waals surface area (Å²) in [4.78, 5) is 11.0.